The minimum atomic E-state index is -1.27. The van der Waals surface area contributed by atoms with Gasteiger partial charge in [-0.15, -0.1) is 0 Å². The van der Waals surface area contributed by atoms with Crippen LogP contribution in [-0.4, -0.2) is 40.9 Å². The third-order valence-electron chi connectivity index (χ3n) is 4.55. The minimum Gasteiger partial charge on any atom is -0.480 e. The highest BCUT2D eigenvalue weighted by molar-refractivity contribution is 5.85. The number of ether oxygens (including phenoxy) is 1. The summed E-state index contributed by atoms with van der Waals surface area (Å²) in [6.45, 7) is 3.35. The number of urea groups is 1. The van der Waals surface area contributed by atoms with Crippen LogP contribution in [0, 0.1) is 0 Å². The Bertz CT molecular complexity index is 402. The number of carbonyl (C=O) groups is 2. The van der Waals surface area contributed by atoms with Crippen LogP contribution in [0.25, 0.3) is 0 Å². The molecule has 0 radical (unpaired) electrons. The zero-order chi connectivity index (χ0) is 15.5. The van der Waals surface area contributed by atoms with Gasteiger partial charge in [-0.1, -0.05) is 19.3 Å². The number of rotatable bonds is 4. The van der Waals surface area contributed by atoms with E-state index in [9.17, 15) is 9.59 Å². The van der Waals surface area contributed by atoms with Crippen LogP contribution < -0.4 is 10.6 Å². The molecule has 0 aromatic rings. The summed E-state index contributed by atoms with van der Waals surface area (Å²) in [4.78, 5) is 22.7. The maximum absolute atomic E-state index is 11.7. The number of carboxylic acid groups (broad SMARTS) is 1. The molecule has 6 nitrogen and oxygen atoms in total. The van der Waals surface area contributed by atoms with Gasteiger partial charge < -0.3 is 20.5 Å². The largest absolute Gasteiger partial charge is 0.480 e. The van der Waals surface area contributed by atoms with Gasteiger partial charge in [-0.25, -0.2) is 9.59 Å². The monoisotopic (exact) mass is 298 g/mol. The van der Waals surface area contributed by atoms with Crippen molar-refractivity contribution < 1.29 is 19.4 Å². The van der Waals surface area contributed by atoms with Gasteiger partial charge in [0.05, 0.1) is 11.7 Å². The number of amides is 2. The molecule has 0 aromatic heterocycles. The number of aliphatic carboxylic acids is 1. The molecule has 1 spiro atoms. The van der Waals surface area contributed by atoms with Crippen molar-refractivity contribution in [3.63, 3.8) is 0 Å². The number of carbonyl (C=O) groups excluding carboxylic acids is 1. The molecule has 2 rings (SSSR count). The Morgan fingerprint density at radius 1 is 1.24 bits per heavy atom. The van der Waals surface area contributed by atoms with Crippen molar-refractivity contribution in [2.75, 3.05) is 6.54 Å². The first-order valence-electron chi connectivity index (χ1n) is 7.80. The zero-order valence-electron chi connectivity index (χ0n) is 12.9. The van der Waals surface area contributed by atoms with Crippen molar-refractivity contribution in [3.8, 4) is 0 Å². The van der Waals surface area contributed by atoms with E-state index < -0.39 is 17.5 Å². The van der Waals surface area contributed by atoms with Gasteiger partial charge in [0.25, 0.3) is 0 Å². The lowest BCUT2D eigenvalue weighted by Gasteiger charge is -2.33. The molecular weight excluding hydrogens is 272 g/mol. The van der Waals surface area contributed by atoms with Crippen LogP contribution >= 0.6 is 0 Å². The van der Waals surface area contributed by atoms with Crippen molar-refractivity contribution in [3.05, 3.63) is 0 Å². The molecule has 3 N–H and O–H groups in total. The minimum absolute atomic E-state index is 0.0431. The molecule has 2 amide bonds. The van der Waals surface area contributed by atoms with Gasteiger partial charge in [0.15, 0.2) is 0 Å². The van der Waals surface area contributed by atoms with Gasteiger partial charge in [0.1, 0.15) is 5.54 Å². The Kier molecular flexibility index (Phi) is 4.76. The van der Waals surface area contributed by atoms with E-state index in [1.165, 1.54) is 33.1 Å². The lowest BCUT2D eigenvalue weighted by molar-refractivity contribution is -0.142. The Morgan fingerprint density at radius 3 is 2.52 bits per heavy atom. The third kappa shape index (κ3) is 4.09. The second-order valence-corrected chi connectivity index (χ2v) is 6.79. The van der Waals surface area contributed by atoms with Gasteiger partial charge in [-0.05, 0) is 39.5 Å². The summed E-state index contributed by atoms with van der Waals surface area (Å²) in [6, 6.07) is -0.462. The van der Waals surface area contributed by atoms with Crippen molar-refractivity contribution in [2.24, 2.45) is 0 Å². The molecule has 1 saturated heterocycles. The van der Waals surface area contributed by atoms with E-state index in [1.54, 1.807) is 0 Å². The fourth-order valence-electron chi connectivity index (χ4n) is 3.19. The van der Waals surface area contributed by atoms with Crippen LogP contribution in [0.15, 0.2) is 0 Å². The smallest absolute Gasteiger partial charge is 0.328 e. The first kappa shape index (κ1) is 16.1. The molecule has 6 heteroatoms. The second kappa shape index (κ2) is 6.22. The number of hydrogen-bond acceptors (Lipinski definition) is 3. The summed E-state index contributed by atoms with van der Waals surface area (Å²) in [7, 11) is 0. The van der Waals surface area contributed by atoms with Gasteiger partial charge in [0, 0.05) is 6.54 Å². The van der Waals surface area contributed by atoms with Crippen LogP contribution in [-0.2, 0) is 9.53 Å². The van der Waals surface area contributed by atoms with E-state index in [2.05, 4.69) is 10.6 Å². The van der Waals surface area contributed by atoms with Gasteiger partial charge in [0.2, 0.25) is 0 Å². The van der Waals surface area contributed by atoms with Crippen LogP contribution in [0.3, 0.4) is 0 Å². The third-order valence-corrected chi connectivity index (χ3v) is 4.55. The molecule has 21 heavy (non-hydrogen) atoms. The summed E-state index contributed by atoms with van der Waals surface area (Å²) < 4.78 is 6.16. The summed E-state index contributed by atoms with van der Waals surface area (Å²) in [5, 5.41) is 14.1. The predicted molar refractivity (Wildman–Crippen MR) is 78.2 cm³/mol. The Morgan fingerprint density at radius 2 is 1.90 bits per heavy atom. The van der Waals surface area contributed by atoms with E-state index in [0.29, 0.717) is 6.54 Å². The summed E-state index contributed by atoms with van der Waals surface area (Å²) >= 11 is 0. The van der Waals surface area contributed by atoms with Crippen molar-refractivity contribution in [1.29, 1.82) is 0 Å². The van der Waals surface area contributed by atoms with E-state index in [-0.39, 0.29) is 11.7 Å². The van der Waals surface area contributed by atoms with E-state index >= 15 is 0 Å². The van der Waals surface area contributed by atoms with Crippen LogP contribution in [0.1, 0.15) is 58.8 Å². The molecule has 0 aromatic carbocycles. The lowest BCUT2D eigenvalue weighted by atomic mass is 9.83. The molecule has 1 aliphatic carbocycles. The average molecular weight is 298 g/mol. The fourth-order valence-corrected chi connectivity index (χ4v) is 3.19. The quantitative estimate of drug-likeness (QED) is 0.741. The maximum atomic E-state index is 11.7. The molecular formula is C15H26N2O4. The SMILES string of the molecule is CC(C)(NC(=O)NCC1CCC2(CCCCC2)O1)C(=O)O. The topological polar surface area (TPSA) is 87.7 Å². The molecule has 2 fully saturated rings. The van der Waals surface area contributed by atoms with E-state index in [0.717, 1.165) is 25.7 Å². The first-order valence-corrected chi connectivity index (χ1v) is 7.80. The maximum Gasteiger partial charge on any atom is 0.328 e. The first-order chi connectivity index (χ1) is 9.83. The molecule has 0 bridgehead atoms. The highest BCUT2D eigenvalue weighted by Gasteiger charge is 2.40. The number of hydrogen-bond donors (Lipinski definition) is 3. The highest BCUT2D eigenvalue weighted by Crippen LogP contribution is 2.41. The lowest BCUT2D eigenvalue weighted by Crippen LogP contribution is -2.54. The number of carboxylic acids is 1. The zero-order valence-corrected chi connectivity index (χ0v) is 12.9. The van der Waals surface area contributed by atoms with Crippen molar-refractivity contribution >= 4 is 12.0 Å². The number of nitrogens with one attached hydrogen (secondary N) is 2. The molecule has 1 aliphatic heterocycles. The molecule has 1 unspecified atom stereocenters. The van der Waals surface area contributed by atoms with Crippen LogP contribution in [0.5, 0.6) is 0 Å². The highest BCUT2D eigenvalue weighted by atomic mass is 16.5. The molecule has 120 valence electrons. The summed E-state index contributed by atoms with van der Waals surface area (Å²) in [5.41, 5.74) is -1.23. The normalized spacial score (nSPS) is 24.8. The summed E-state index contributed by atoms with van der Waals surface area (Å²) in [6.07, 6.45) is 8.08. The fraction of sp³-hybridized carbons (Fsp3) is 0.867. The van der Waals surface area contributed by atoms with Gasteiger partial charge in [-0.3, -0.25) is 0 Å². The molecule has 1 saturated carbocycles. The van der Waals surface area contributed by atoms with Gasteiger partial charge >= 0.3 is 12.0 Å². The van der Waals surface area contributed by atoms with Crippen molar-refractivity contribution in [1.82, 2.24) is 10.6 Å². The van der Waals surface area contributed by atoms with E-state index in [1.807, 2.05) is 0 Å². The van der Waals surface area contributed by atoms with E-state index in [4.69, 9.17) is 9.84 Å². The average Bonchev–Trinajstić information content (AvgIpc) is 2.80. The second-order valence-electron chi connectivity index (χ2n) is 6.79. The summed E-state index contributed by atoms with van der Waals surface area (Å²) in [5.74, 6) is -1.06. The molecule has 1 atom stereocenters. The van der Waals surface area contributed by atoms with Crippen LogP contribution in [0.2, 0.25) is 0 Å². The Labute approximate surface area is 125 Å². The molecule has 1 heterocycles. The van der Waals surface area contributed by atoms with Crippen LogP contribution in [0.4, 0.5) is 4.79 Å². The Hall–Kier alpha value is -1.30. The standard InChI is InChI=1S/C15H26N2O4/c1-14(2,12(18)19)17-13(20)16-10-11-6-9-15(21-11)7-4-3-5-8-15/h11H,3-10H2,1-2H3,(H,18,19)(H2,16,17,20). The van der Waals surface area contributed by atoms with Gasteiger partial charge in [-0.2, -0.15) is 0 Å². The van der Waals surface area contributed by atoms with Crippen molar-refractivity contribution in [2.45, 2.75) is 76.0 Å². The predicted octanol–water partition coefficient (Wildman–Crippen LogP) is 2.03. The Balaban J connectivity index is 1.74. The molecule has 2 aliphatic rings.